The van der Waals surface area contributed by atoms with E-state index < -0.39 is 0 Å². The summed E-state index contributed by atoms with van der Waals surface area (Å²) in [6.45, 7) is 1.87. The van der Waals surface area contributed by atoms with Crippen LogP contribution in [0.4, 0.5) is 0 Å². The fraction of sp³-hybridized carbons (Fsp3) is 0.250. The third kappa shape index (κ3) is 3.59. The van der Waals surface area contributed by atoms with Crippen LogP contribution in [0.2, 0.25) is 0 Å². The van der Waals surface area contributed by atoms with E-state index in [1.54, 1.807) is 25.1 Å². The Hall–Kier alpha value is -3.15. The lowest BCUT2D eigenvalue weighted by molar-refractivity contribution is -0.346. The number of benzene rings is 1. The average molecular weight is 351 g/mol. The Balaban J connectivity index is 1.84. The monoisotopic (exact) mass is 351 g/mol. The van der Waals surface area contributed by atoms with E-state index in [2.05, 4.69) is 21.4 Å². The van der Waals surface area contributed by atoms with E-state index >= 15 is 0 Å². The summed E-state index contributed by atoms with van der Waals surface area (Å²) in [7, 11) is 3.32. The van der Waals surface area contributed by atoms with E-state index in [4.69, 9.17) is 0 Å². The number of nitrogens with one attached hydrogen (secondary N) is 3. The molecule has 0 spiro atoms. The number of amides is 2. The Morgan fingerprint density at radius 2 is 2.04 bits per heavy atom. The number of rotatable bonds is 5. The number of carbonyl (C=O) groups excluding carboxylic acids is 2. The van der Waals surface area contributed by atoms with Gasteiger partial charge in [-0.2, -0.15) is 0 Å². The van der Waals surface area contributed by atoms with Crippen LogP contribution in [0.25, 0.3) is 22.2 Å². The highest BCUT2D eigenvalue weighted by Gasteiger charge is 2.20. The molecule has 1 aromatic carbocycles. The molecule has 6 nitrogen and oxygen atoms in total. The van der Waals surface area contributed by atoms with Crippen LogP contribution in [0, 0.1) is 0 Å². The lowest BCUT2D eigenvalue weighted by atomic mass is 10.0. The minimum atomic E-state index is -0.185. The molecule has 2 heterocycles. The normalized spacial score (nSPS) is 12.0. The van der Waals surface area contributed by atoms with Crippen molar-refractivity contribution in [2.75, 3.05) is 14.1 Å². The molecule has 0 unspecified atom stereocenters. The largest absolute Gasteiger partial charge is 0.359 e. The third-order valence-electron chi connectivity index (χ3n) is 4.65. The van der Waals surface area contributed by atoms with Crippen molar-refractivity contribution in [2.45, 2.75) is 19.4 Å². The summed E-state index contributed by atoms with van der Waals surface area (Å²) in [5, 5.41) is 3.67. The maximum absolute atomic E-state index is 12.8. The number of pyridine rings is 1. The van der Waals surface area contributed by atoms with E-state index in [-0.39, 0.29) is 24.3 Å². The Bertz CT molecular complexity index is 948. The predicted octanol–water partition coefficient (Wildman–Crippen LogP) is 2.25. The Morgan fingerprint density at radius 3 is 2.81 bits per heavy atom. The SMILES string of the molecule is CNC(=O)C[C@H](C)N(C)C(=O)c1cccc(-c2c[nH+]c3[nH]ccc3c2)c1. The van der Waals surface area contributed by atoms with Gasteiger partial charge in [0, 0.05) is 37.7 Å². The Labute approximate surface area is 152 Å². The number of aromatic nitrogens is 2. The van der Waals surface area contributed by atoms with Gasteiger partial charge in [-0.1, -0.05) is 12.1 Å². The lowest BCUT2D eigenvalue weighted by Crippen LogP contribution is -2.38. The van der Waals surface area contributed by atoms with Crippen molar-refractivity contribution >= 4 is 22.8 Å². The molecule has 0 saturated heterocycles. The Morgan fingerprint density at radius 1 is 1.23 bits per heavy atom. The van der Waals surface area contributed by atoms with Gasteiger partial charge in [0.1, 0.15) is 0 Å². The zero-order valence-corrected chi connectivity index (χ0v) is 15.2. The molecule has 0 aliphatic carbocycles. The molecule has 6 heteroatoms. The summed E-state index contributed by atoms with van der Waals surface area (Å²) in [4.78, 5) is 32.3. The molecule has 0 radical (unpaired) electrons. The van der Waals surface area contributed by atoms with Crippen LogP contribution >= 0.6 is 0 Å². The molecular formula is C20H23N4O2+. The van der Waals surface area contributed by atoms with Crippen LogP contribution in [-0.4, -0.2) is 41.8 Å². The van der Waals surface area contributed by atoms with Crippen LogP contribution in [0.15, 0.2) is 48.8 Å². The number of fused-ring (bicyclic) bond motifs is 1. The van der Waals surface area contributed by atoms with Crippen molar-refractivity contribution < 1.29 is 14.6 Å². The first-order chi connectivity index (χ1) is 12.5. The van der Waals surface area contributed by atoms with Crippen molar-refractivity contribution in [2.24, 2.45) is 0 Å². The fourth-order valence-corrected chi connectivity index (χ4v) is 2.90. The molecular weight excluding hydrogens is 328 g/mol. The molecule has 3 N–H and O–H groups in total. The molecule has 2 amide bonds. The first kappa shape index (κ1) is 17.7. The first-order valence-electron chi connectivity index (χ1n) is 8.56. The number of H-pyrrole nitrogens is 2. The standard InChI is InChI=1S/C20H22N4O2/c1-13(9-18(25)21-2)24(3)20(26)16-6-4-5-14(10-16)17-11-15-7-8-22-19(15)23-12-17/h4-8,10-13H,9H2,1-3H3,(H,21,25)(H,22,23)/p+1/t13-/m0/s1. The van der Waals surface area contributed by atoms with Gasteiger partial charge >= 0.3 is 0 Å². The van der Waals surface area contributed by atoms with Crippen LogP contribution < -0.4 is 10.3 Å². The topological polar surface area (TPSA) is 79.3 Å². The summed E-state index contributed by atoms with van der Waals surface area (Å²) < 4.78 is 0. The molecule has 2 aromatic heterocycles. The van der Waals surface area contributed by atoms with Crippen molar-refractivity contribution in [3.05, 3.63) is 54.4 Å². The van der Waals surface area contributed by atoms with Crippen LogP contribution in [0.1, 0.15) is 23.7 Å². The van der Waals surface area contributed by atoms with Gasteiger partial charge < -0.3 is 10.2 Å². The highest BCUT2D eigenvalue weighted by atomic mass is 16.2. The molecule has 1 atom stereocenters. The quantitative estimate of drug-likeness (QED) is 0.739. The first-order valence-corrected chi connectivity index (χ1v) is 8.56. The van der Waals surface area contributed by atoms with Crippen molar-refractivity contribution in [3.8, 4) is 11.1 Å². The molecule has 0 fully saturated rings. The number of hydrogen-bond acceptors (Lipinski definition) is 2. The Kier molecular flexibility index (Phi) is 5.02. The van der Waals surface area contributed by atoms with Crippen molar-refractivity contribution in [1.29, 1.82) is 0 Å². The molecule has 0 saturated carbocycles. The summed E-state index contributed by atoms with van der Waals surface area (Å²) in [6, 6.07) is 11.4. The van der Waals surface area contributed by atoms with E-state index in [1.807, 2.05) is 43.6 Å². The van der Waals surface area contributed by atoms with E-state index in [0.29, 0.717) is 5.56 Å². The van der Waals surface area contributed by atoms with Crippen LogP contribution in [0.5, 0.6) is 0 Å². The molecule has 0 aliphatic heterocycles. The van der Waals surface area contributed by atoms with Crippen LogP contribution in [0.3, 0.4) is 0 Å². The molecule has 0 bridgehead atoms. The predicted molar refractivity (Wildman–Crippen MR) is 101 cm³/mol. The van der Waals surface area contributed by atoms with Crippen LogP contribution in [-0.2, 0) is 4.79 Å². The molecule has 0 aliphatic rings. The zero-order chi connectivity index (χ0) is 18.7. The van der Waals surface area contributed by atoms with Gasteiger partial charge in [-0.25, -0.2) is 9.97 Å². The maximum atomic E-state index is 12.8. The van der Waals surface area contributed by atoms with E-state index in [9.17, 15) is 9.59 Å². The molecule has 3 aromatic rings. The highest BCUT2D eigenvalue weighted by molar-refractivity contribution is 5.96. The van der Waals surface area contributed by atoms with Gasteiger partial charge in [0.2, 0.25) is 5.91 Å². The van der Waals surface area contributed by atoms with Crippen molar-refractivity contribution in [3.63, 3.8) is 0 Å². The summed E-state index contributed by atoms with van der Waals surface area (Å²) >= 11 is 0. The summed E-state index contributed by atoms with van der Waals surface area (Å²) in [6.07, 6.45) is 4.07. The van der Waals surface area contributed by atoms with Crippen molar-refractivity contribution in [1.82, 2.24) is 15.2 Å². The smallest absolute Gasteiger partial charge is 0.284 e. The zero-order valence-electron chi connectivity index (χ0n) is 15.2. The number of nitrogens with zero attached hydrogens (tertiary/aromatic N) is 1. The van der Waals surface area contributed by atoms with E-state index in [1.165, 1.54) is 0 Å². The van der Waals surface area contributed by atoms with Gasteiger partial charge in [0.15, 0.2) is 0 Å². The fourth-order valence-electron chi connectivity index (χ4n) is 2.90. The molecule has 26 heavy (non-hydrogen) atoms. The second-order valence-electron chi connectivity index (χ2n) is 6.42. The highest BCUT2D eigenvalue weighted by Crippen LogP contribution is 2.22. The van der Waals surface area contributed by atoms with Gasteiger partial charge in [0.25, 0.3) is 11.6 Å². The van der Waals surface area contributed by atoms with E-state index in [0.717, 1.165) is 22.2 Å². The lowest BCUT2D eigenvalue weighted by Gasteiger charge is -2.24. The van der Waals surface area contributed by atoms with Gasteiger partial charge in [-0.05, 0) is 36.8 Å². The second kappa shape index (κ2) is 7.39. The van der Waals surface area contributed by atoms with Gasteiger partial charge in [-0.15, -0.1) is 0 Å². The third-order valence-corrected chi connectivity index (χ3v) is 4.65. The second-order valence-corrected chi connectivity index (χ2v) is 6.42. The summed E-state index contributed by atoms with van der Waals surface area (Å²) in [5.74, 6) is -0.184. The molecule has 134 valence electrons. The number of aromatic amines is 2. The summed E-state index contributed by atoms with van der Waals surface area (Å²) in [5.41, 5.74) is 3.53. The van der Waals surface area contributed by atoms with Gasteiger partial charge in [-0.3, -0.25) is 9.59 Å². The van der Waals surface area contributed by atoms with Gasteiger partial charge in [0.05, 0.1) is 17.8 Å². The minimum absolute atomic E-state index is 0.0822. The molecule has 3 rings (SSSR count). The number of hydrogen-bond donors (Lipinski definition) is 2. The average Bonchev–Trinajstić information content (AvgIpc) is 3.14. The minimum Gasteiger partial charge on any atom is -0.359 e. The number of carbonyl (C=O) groups is 2. The maximum Gasteiger partial charge on any atom is 0.284 e.